The Kier molecular flexibility index (Phi) is 8.11. The molecule has 3 aromatic rings. The van der Waals surface area contributed by atoms with Crippen LogP contribution in [0.25, 0.3) is 21.5 Å². The van der Waals surface area contributed by atoms with Crippen LogP contribution in [0.4, 0.5) is 0 Å². The molecule has 1 saturated carbocycles. The highest BCUT2D eigenvalue weighted by atomic mass is 16.5. The number of hydrogen-bond acceptors (Lipinski definition) is 4. The molecule has 1 fully saturated rings. The summed E-state index contributed by atoms with van der Waals surface area (Å²) in [6.45, 7) is 4.32. The molecule has 1 aliphatic heterocycles. The quantitative estimate of drug-likeness (QED) is 0.120. The van der Waals surface area contributed by atoms with E-state index < -0.39 is 12.0 Å². The van der Waals surface area contributed by atoms with Crippen LogP contribution in [0.5, 0.6) is 0 Å². The number of hydrogen-bond donors (Lipinski definition) is 0. The van der Waals surface area contributed by atoms with Gasteiger partial charge in [0.25, 0.3) is 11.8 Å². The molecule has 1 heterocycles. The summed E-state index contributed by atoms with van der Waals surface area (Å²) in [4.78, 5) is 42.2. The molecule has 1 aliphatic carbocycles. The predicted octanol–water partition coefficient (Wildman–Crippen LogP) is 7.83. The zero-order valence-corrected chi connectivity index (χ0v) is 22.7. The third kappa shape index (κ3) is 5.21. The Labute approximate surface area is 225 Å². The normalized spacial score (nSPS) is 20.2. The lowest BCUT2D eigenvalue weighted by Gasteiger charge is -2.36. The number of esters is 1. The minimum Gasteiger partial charge on any atom is -0.462 e. The average Bonchev–Trinajstić information content (AvgIpc) is 3.17. The van der Waals surface area contributed by atoms with Gasteiger partial charge in [0.15, 0.2) is 0 Å². The van der Waals surface area contributed by atoms with Crippen molar-refractivity contribution in [2.75, 3.05) is 0 Å². The Balaban J connectivity index is 1.39. The number of benzene rings is 3. The van der Waals surface area contributed by atoms with E-state index in [1.54, 1.807) is 0 Å². The van der Waals surface area contributed by atoms with Gasteiger partial charge in [-0.2, -0.15) is 0 Å². The van der Waals surface area contributed by atoms with Crippen LogP contribution in [-0.2, 0) is 9.53 Å². The highest BCUT2D eigenvalue weighted by molar-refractivity contribution is 6.23. The molecule has 3 atom stereocenters. The predicted molar refractivity (Wildman–Crippen MR) is 151 cm³/mol. The molecule has 0 aromatic heterocycles. The first-order chi connectivity index (χ1) is 18.5. The number of carbonyl (C=O) groups excluding carboxylic acids is 3. The van der Waals surface area contributed by atoms with Crippen molar-refractivity contribution in [3.05, 3.63) is 59.7 Å². The molecule has 0 N–H and O–H groups in total. The fraction of sp³-hybridized carbons (Fsp3) is 0.485. The highest BCUT2D eigenvalue weighted by Crippen LogP contribution is 2.37. The number of nitrogens with zero attached hydrogens (tertiary/aromatic N) is 1. The van der Waals surface area contributed by atoms with Crippen LogP contribution in [0.1, 0.15) is 105 Å². The Morgan fingerprint density at radius 1 is 0.816 bits per heavy atom. The number of rotatable bonds is 10. The van der Waals surface area contributed by atoms with Gasteiger partial charge >= 0.3 is 5.97 Å². The van der Waals surface area contributed by atoms with Crippen LogP contribution in [0.15, 0.2) is 48.5 Å². The molecular weight excluding hydrogens is 474 g/mol. The van der Waals surface area contributed by atoms with E-state index in [0.29, 0.717) is 24.0 Å². The van der Waals surface area contributed by atoms with Gasteiger partial charge in [0.2, 0.25) is 0 Å². The van der Waals surface area contributed by atoms with Crippen LogP contribution in [-0.4, -0.2) is 34.8 Å². The molecule has 0 radical (unpaired) electrons. The SMILES string of the molecule is CCCCC[C@@H](CCCC)OC(=O)[C@H]1CCCC[C@@H]1N1C(=O)c2cc3cc4ccccc4cc3cc2C1=O. The van der Waals surface area contributed by atoms with Crippen molar-refractivity contribution in [3.63, 3.8) is 0 Å². The van der Waals surface area contributed by atoms with Gasteiger partial charge in [0.1, 0.15) is 6.10 Å². The summed E-state index contributed by atoms with van der Waals surface area (Å²) < 4.78 is 6.09. The molecule has 38 heavy (non-hydrogen) atoms. The molecule has 2 amide bonds. The number of fused-ring (bicyclic) bond motifs is 3. The van der Waals surface area contributed by atoms with Gasteiger partial charge in [0.05, 0.1) is 23.1 Å². The molecule has 0 bridgehead atoms. The summed E-state index contributed by atoms with van der Waals surface area (Å²) >= 11 is 0. The molecule has 2 aliphatic rings. The van der Waals surface area contributed by atoms with E-state index in [9.17, 15) is 14.4 Å². The van der Waals surface area contributed by atoms with Gasteiger partial charge in [0, 0.05) is 0 Å². The van der Waals surface area contributed by atoms with Crippen molar-refractivity contribution < 1.29 is 19.1 Å². The maximum absolute atomic E-state index is 13.7. The minimum absolute atomic E-state index is 0.0850. The third-order valence-corrected chi connectivity index (χ3v) is 8.40. The number of ether oxygens (including phenoxy) is 1. The molecular formula is C33H39NO4. The van der Waals surface area contributed by atoms with Crippen molar-refractivity contribution in [3.8, 4) is 0 Å². The van der Waals surface area contributed by atoms with E-state index in [1.165, 1.54) is 4.90 Å². The summed E-state index contributed by atoms with van der Waals surface area (Å²) in [7, 11) is 0. The maximum Gasteiger partial charge on any atom is 0.311 e. The number of amides is 2. The summed E-state index contributed by atoms with van der Waals surface area (Å²) in [5.41, 5.74) is 0.881. The lowest BCUT2D eigenvalue weighted by molar-refractivity contribution is -0.158. The standard InChI is InChI=1S/C33H39NO4/c1-3-5-7-15-26(14-6-4-2)38-33(37)27-16-10-11-17-30(27)34-31(35)28-20-24-18-22-12-8-9-13-23(22)19-25(24)21-29(28)32(34)36/h8-9,12-13,18-21,26-27,30H,3-7,10-11,14-17H2,1-2H3/t26-,27+,30+/m1/s1. The summed E-state index contributed by atoms with van der Waals surface area (Å²) in [5.74, 6) is -1.26. The van der Waals surface area contributed by atoms with Crippen LogP contribution >= 0.6 is 0 Å². The number of unbranched alkanes of at least 4 members (excludes halogenated alkanes) is 3. The molecule has 3 aromatic carbocycles. The van der Waals surface area contributed by atoms with Crippen molar-refractivity contribution in [1.82, 2.24) is 4.90 Å². The summed E-state index contributed by atoms with van der Waals surface area (Å²) in [5, 5.41) is 4.08. The van der Waals surface area contributed by atoms with Crippen molar-refractivity contribution in [2.45, 2.75) is 96.6 Å². The zero-order chi connectivity index (χ0) is 26.6. The largest absolute Gasteiger partial charge is 0.462 e. The van der Waals surface area contributed by atoms with Gasteiger partial charge in [-0.05, 0) is 77.9 Å². The Hall–Kier alpha value is -3.21. The lowest BCUT2D eigenvalue weighted by atomic mass is 9.83. The van der Waals surface area contributed by atoms with Crippen LogP contribution in [0, 0.1) is 5.92 Å². The molecule has 0 spiro atoms. The van der Waals surface area contributed by atoms with E-state index in [2.05, 4.69) is 38.1 Å². The number of imide groups is 1. The Bertz CT molecular complexity index is 1270. The monoisotopic (exact) mass is 513 g/mol. The smallest absolute Gasteiger partial charge is 0.311 e. The van der Waals surface area contributed by atoms with Gasteiger partial charge in [-0.1, -0.05) is 76.6 Å². The zero-order valence-electron chi connectivity index (χ0n) is 22.7. The molecule has 5 rings (SSSR count). The van der Waals surface area contributed by atoms with E-state index in [-0.39, 0.29) is 23.9 Å². The molecule has 0 unspecified atom stereocenters. The van der Waals surface area contributed by atoms with Crippen LogP contribution in [0.3, 0.4) is 0 Å². The molecule has 5 heteroatoms. The van der Waals surface area contributed by atoms with E-state index in [1.807, 2.05) is 24.3 Å². The highest BCUT2D eigenvalue weighted by Gasteiger charge is 2.46. The lowest BCUT2D eigenvalue weighted by Crippen LogP contribution is -2.49. The third-order valence-electron chi connectivity index (χ3n) is 8.40. The fourth-order valence-electron chi connectivity index (χ4n) is 6.26. The minimum atomic E-state index is -0.460. The summed E-state index contributed by atoms with van der Waals surface area (Å²) in [6, 6.07) is 15.5. The van der Waals surface area contributed by atoms with E-state index in [4.69, 9.17) is 4.74 Å². The van der Waals surface area contributed by atoms with E-state index in [0.717, 1.165) is 79.3 Å². The van der Waals surface area contributed by atoms with Gasteiger partial charge < -0.3 is 4.74 Å². The topological polar surface area (TPSA) is 63.7 Å². The second-order valence-electron chi connectivity index (χ2n) is 11.1. The fourth-order valence-corrected chi connectivity index (χ4v) is 6.26. The first-order valence-corrected chi connectivity index (χ1v) is 14.6. The van der Waals surface area contributed by atoms with Crippen molar-refractivity contribution in [2.24, 2.45) is 5.92 Å². The second-order valence-corrected chi connectivity index (χ2v) is 11.1. The van der Waals surface area contributed by atoms with E-state index >= 15 is 0 Å². The van der Waals surface area contributed by atoms with Gasteiger partial charge in [-0.15, -0.1) is 0 Å². The Morgan fingerprint density at radius 2 is 1.39 bits per heavy atom. The van der Waals surface area contributed by atoms with Gasteiger partial charge in [-0.25, -0.2) is 0 Å². The molecule has 0 saturated heterocycles. The average molecular weight is 514 g/mol. The maximum atomic E-state index is 13.7. The summed E-state index contributed by atoms with van der Waals surface area (Å²) in [6.07, 6.45) is 10.2. The van der Waals surface area contributed by atoms with Crippen LogP contribution in [0.2, 0.25) is 0 Å². The Morgan fingerprint density at radius 3 is 2.00 bits per heavy atom. The number of carbonyl (C=O) groups is 3. The van der Waals surface area contributed by atoms with Gasteiger partial charge in [-0.3, -0.25) is 19.3 Å². The van der Waals surface area contributed by atoms with Crippen LogP contribution < -0.4 is 0 Å². The first-order valence-electron chi connectivity index (χ1n) is 14.6. The first kappa shape index (κ1) is 26.4. The molecule has 200 valence electrons. The molecule has 5 nitrogen and oxygen atoms in total. The second kappa shape index (κ2) is 11.7. The van der Waals surface area contributed by atoms with Crippen molar-refractivity contribution >= 4 is 39.3 Å². The van der Waals surface area contributed by atoms with Crippen molar-refractivity contribution in [1.29, 1.82) is 0 Å².